The Labute approximate surface area is 196 Å². The number of carbonyl (C=O) groups is 1. The summed E-state index contributed by atoms with van der Waals surface area (Å²) in [7, 11) is 0. The molecule has 0 heterocycles. The second kappa shape index (κ2) is 10.4. The van der Waals surface area contributed by atoms with E-state index in [2.05, 4.69) is 26.5 Å². The molecule has 1 N–H and O–H groups in total. The average Bonchev–Trinajstić information content (AvgIpc) is 2.75. The Bertz CT molecular complexity index is 1210. The Morgan fingerprint density at radius 1 is 1.16 bits per heavy atom. The molecule has 5 nitrogen and oxygen atoms in total. The number of hydrogen-bond donors (Lipinski definition) is 1. The maximum atomic E-state index is 14.0. The summed E-state index contributed by atoms with van der Waals surface area (Å²) in [6, 6.07) is 15.9. The maximum Gasteiger partial charge on any atom is 0.274 e. The summed E-state index contributed by atoms with van der Waals surface area (Å²) in [6.45, 7) is 0.238. The topological polar surface area (TPSA) is 74.5 Å². The molecule has 9 heteroatoms. The van der Waals surface area contributed by atoms with Crippen molar-refractivity contribution in [1.82, 2.24) is 5.43 Å². The van der Waals surface area contributed by atoms with Crippen LogP contribution >= 0.6 is 39.1 Å². The van der Waals surface area contributed by atoms with Gasteiger partial charge in [0.15, 0.2) is 0 Å². The van der Waals surface area contributed by atoms with Gasteiger partial charge in [0.25, 0.3) is 5.91 Å². The van der Waals surface area contributed by atoms with Gasteiger partial charge in [-0.05, 0) is 54.1 Å². The van der Waals surface area contributed by atoms with E-state index >= 15 is 0 Å². The Morgan fingerprint density at radius 3 is 2.68 bits per heavy atom. The number of nitrogens with zero attached hydrogens (tertiary/aromatic N) is 2. The van der Waals surface area contributed by atoms with Gasteiger partial charge in [0.2, 0.25) is 0 Å². The standard InChI is InChI=1S/C22H13BrCl2FN3O2/c23-16-3-6-21(31-12-14-2-5-18(24)19(25)7-14)15(9-16)11-28-29-22(30)17-4-1-13(10-27)8-20(17)26/h1-9,11H,12H2,(H,29,30)/b28-11-. The molecule has 31 heavy (non-hydrogen) atoms. The monoisotopic (exact) mass is 519 g/mol. The first-order valence-corrected chi connectivity index (χ1v) is 10.3. The third kappa shape index (κ3) is 6.05. The number of benzene rings is 3. The van der Waals surface area contributed by atoms with Crippen LogP contribution in [0.3, 0.4) is 0 Å². The Hall–Kier alpha value is -2.92. The Balaban J connectivity index is 1.71. The number of nitrogens with one attached hydrogen (secondary N) is 1. The van der Waals surface area contributed by atoms with Crippen molar-refractivity contribution in [1.29, 1.82) is 5.26 Å². The number of ether oxygens (including phenoxy) is 1. The zero-order valence-electron chi connectivity index (χ0n) is 15.7. The van der Waals surface area contributed by atoms with Crippen LogP contribution in [0.1, 0.15) is 27.0 Å². The summed E-state index contributed by atoms with van der Waals surface area (Å²) in [5, 5.41) is 13.6. The fourth-order valence-electron chi connectivity index (χ4n) is 2.53. The van der Waals surface area contributed by atoms with E-state index in [1.807, 2.05) is 0 Å². The third-order valence-corrected chi connectivity index (χ3v) is 5.30. The normalized spacial score (nSPS) is 10.7. The van der Waals surface area contributed by atoms with Crippen molar-refractivity contribution in [2.24, 2.45) is 5.10 Å². The van der Waals surface area contributed by atoms with Gasteiger partial charge in [-0.25, -0.2) is 9.82 Å². The van der Waals surface area contributed by atoms with Crippen molar-refractivity contribution in [3.05, 3.63) is 97.2 Å². The number of halogens is 4. The molecule has 0 aliphatic carbocycles. The van der Waals surface area contributed by atoms with Crippen LogP contribution in [-0.2, 0) is 6.61 Å². The minimum atomic E-state index is -0.806. The molecule has 0 spiro atoms. The lowest BCUT2D eigenvalue weighted by Gasteiger charge is -2.10. The molecule has 0 aromatic heterocycles. The van der Waals surface area contributed by atoms with E-state index in [0.717, 1.165) is 16.1 Å². The molecule has 0 bridgehead atoms. The van der Waals surface area contributed by atoms with E-state index in [0.29, 0.717) is 21.4 Å². The molecule has 3 aromatic carbocycles. The maximum absolute atomic E-state index is 14.0. The van der Waals surface area contributed by atoms with Gasteiger partial charge in [0.1, 0.15) is 18.2 Å². The van der Waals surface area contributed by atoms with Gasteiger partial charge in [0.05, 0.1) is 33.5 Å². The number of hydrogen-bond acceptors (Lipinski definition) is 4. The van der Waals surface area contributed by atoms with Crippen molar-refractivity contribution < 1.29 is 13.9 Å². The lowest BCUT2D eigenvalue weighted by atomic mass is 10.1. The lowest BCUT2D eigenvalue weighted by Crippen LogP contribution is -2.19. The molecule has 0 atom stereocenters. The minimum absolute atomic E-state index is 0.121. The fourth-order valence-corrected chi connectivity index (χ4v) is 3.23. The number of amides is 1. The zero-order chi connectivity index (χ0) is 22.4. The van der Waals surface area contributed by atoms with Crippen LogP contribution in [0.5, 0.6) is 5.75 Å². The molecule has 0 aliphatic heterocycles. The molecular weight excluding hydrogens is 508 g/mol. The van der Waals surface area contributed by atoms with E-state index in [-0.39, 0.29) is 17.7 Å². The van der Waals surface area contributed by atoms with E-state index < -0.39 is 11.7 Å². The van der Waals surface area contributed by atoms with E-state index in [1.165, 1.54) is 18.3 Å². The number of nitriles is 1. The van der Waals surface area contributed by atoms with Crippen LogP contribution in [0.2, 0.25) is 10.0 Å². The first-order valence-electron chi connectivity index (χ1n) is 8.76. The van der Waals surface area contributed by atoms with E-state index in [9.17, 15) is 9.18 Å². The highest BCUT2D eigenvalue weighted by atomic mass is 79.9. The smallest absolute Gasteiger partial charge is 0.274 e. The molecule has 0 saturated carbocycles. The van der Waals surface area contributed by atoms with Crippen LogP contribution in [0, 0.1) is 17.1 Å². The Morgan fingerprint density at radius 2 is 1.97 bits per heavy atom. The number of hydrazone groups is 1. The van der Waals surface area contributed by atoms with Crippen LogP contribution < -0.4 is 10.2 Å². The molecule has 0 fully saturated rings. The predicted molar refractivity (Wildman–Crippen MR) is 121 cm³/mol. The molecule has 0 unspecified atom stereocenters. The second-order valence-electron chi connectivity index (χ2n) is 6.22. The summed E-state index contributed by atoms with van der Waals surface area (Å²) >= 11 is 15.3. The van der Waals surface area contributed by atoms with Gasteiger partial charge in [-0.15, -0.1) is 0 Å². The summed E-state index contributed by atoms with van der Waals surface area (Å²) < 4.78 is 20.6. The van der Waals surface area contributed by atoms with Crippen LogP contribution in [0.4, 0.5) is 4.39 Å². The molecule has 1 amide bonds. The summed E-state index contributed by atoms with van der Waals surface area (Å²) in [6.07, 6.45) is 1.38. The fraction of sp³-hybridized carbons (Fsp3) is 0.0455. The molecule has 156 valence electrons. The van der Waals surface area contributed by atoms with Gasteiger partial charge in [-0.2, -0.15) is 10.4 Å². The van der Waals surface area contributed by atoms with Gasteiger partial charge in [0, 0.05) is 10.0 Å². The highest BCUT2D eigenvalue weighted by Gasteiger charge is 2.12. The van der Waals surface area contributed by atoms with Crippen molar-refractivity contribution >= 4 is 51.3 Å². The summed E-state index contributed by atoms with van der Waals surface area (Å²) in [5.41, 5.74) is 3.57. The third-order valence-electron chi connectivity index (χ3n) is 4.06. The molecule has 0 saturated heterocycles. The molecule has 0 radical (unpaired) electrons. The minimum Gasteiger partial charge on any atom is -0.488 e. The average molecular weight is 521 g/mol. The number of rotatable bonds is 6. The first kappa shape index (κ1) is 22.8. The number of carbonyl (C=O) groups excluding carboxylic acids is 1. The highest BCUT2D eigenvalue weighted by molar-refractivity contribution is 9.10. The van der Waals surface area contributed by atoms with E-state index in [1.54, 1.807) is 42.5 Å². The Kier molecular flexibility index (Phi) is 7.64. The summed E-state index contributed by atoms with van der Waals surface area (Å²) in [5.74, 6) is -1.04. The van der Waals surface area contributed by atoms with Crippen molar-refractivity contribution in [2.75, 3.05) is 0 Å². The summed E-state index contributed by atoms with van der Waals surface area (Å²) in [4.78, 5) is 12.2. The van der Waals surface area contributed by atoms with Gasteiger partial charge >= 0.3 is 0 Å². The van der Waals surface area contributed by atoms with Gasteiger partial charge < -0.3 is 4.74 Å². The van der Waals surface area contributed by atoms with E-state index in [4.69, 9.17) is 33.2 Å². The highest BCUT2D eigenvalue weighted by Crippen LogP contribution is 2.25. The zero-order valence-corrected chi connectivity index (χ0v) is 18.8. The predicted octanol–water partition coefficient (Wildman–Crippen LogP) is 6.11. The molecule has 3 aromatic rings. The molecule has 0 aliphatic rings. The van der Waals surface area contributed by atoms with Gasteiger partial charge in [-0.3, -0.25) is 4.79 Å². The largest absolute Gasteiger partial charge is 0.488 e. The molecule has 3 rings (SSSR count). The molecular formula is C22H13BrCl2FN3O2. The van der Waals surface area contributed by atoms with Crippen LogP contribution in [0.25, 0.3) is 0 Å². The second-order valence-corrected chi connectivity index (χ2v) is 7.95. The van der Waals surface area contributed by atoms with Crippen molar-refractivity contribution in [3.8, 4) is 11.8 Å². The van der Waals surface area contributed by atoms with Gasteiger partial charge in [-0.1, -0.05) is 45.2 Å². The van der Waals surface area contributed by atoms with Crippen molar-refractivity contribution in [3.63, 3.8) is 0 Å². The lowest BCUT2D eigenvalue weighted by molar-refractivity contribution is 0.0951. The quantitative estimate of drug-likeness (QED) is 0.314. The first-order chi connectivity index (χ1) is 14.9. The SMILES string of the molecule is N#Cc1ccc(C(=O)N/N=C\c2cc(Br)ccc2OCc2ccc(Cl)c(Cl)c2)c(F)c1. The van der Waals surface area contributed by atoms with Crippen molar-refractivity contribution in [2.45, 2.75) is 6.61 Å². The van der Waals surface area contributed by atoms with Crippen LogP contribution in [0.15, 0.2) is 64.2 Å². The van der Waals surface area contributed by atoms with Crippen LogP contribution in [-0.4, -0.2) is 12.1 Å².